The van der Waals surface area contributed by atoms with Gasteiger partial charge >= 0.3 is 0 Å². The van der Waals surface area contributed by atoms with Crippen LogP contribution in [0.3, 0.4) is 0 Å². The summed E-state index contributed by atoms with van der Waals surface area (Å²) in [6, 6.07) is 11.5. The Labute approximate surface area is 172 Å². The van der Waals surface area contributed by atoms with Gasteiger partial charge in [0.2, 0.25) is 10.0 Å². The van der Waals surface area contributed by atoms with Crippen molar-refractivity contribution in [1.29, 1.82) is 0 Å². The summed E-state index contributed by atoms with van der Waals surface area (Å²) in [5.41, 5.74) is 3.74. The van der Waals surface area contributed by atoms with E-state index in [1.54, 1.807) is 20.3 Å². The highest BCUT2D eigenvalue weighted by Gasteiger charge is 2.38. The molecule has 0 amide bonds. The number of hydrogen-bond donors (Lipinski definition) is 1. The Kier molecular flexibility index (Phi) is 5.44. The molecule has 0 aromatic heterocycles. The number of fused-ring (bicyclic) bond motifs is 3. The minimum absolute atomic E-state index is 0.144. The van der Waals surface area contributed by atoms with Gasteiger partial charge in [-0.2, -0.15) is 0 Å². The van der Waals surface area contributed by atoms with E-state index in [1.807, 2.05) is 24.3 Å². The first kappa shape index (κ1) is 20.0. The second-order valence-corrected chi connectivity index (χ2v) is 9.53. The average molecular weight is 418 g/mol. The zero-order valence-corrected chi connectivity index (χ0v) is 17.8. The molecule has 4 rings (SSSR count). The van der Waals surface area contributed by atoms with Gasteiger partial charge in [0.25, 0.3) is 0 Å². The normalized spacial score (nSPS) is 23.6. The van der Waals surface area contributed by atoms with E-state index in [2.05, 4.69) is 10.8 Å². The van der Waals surface area contributed by atoms with Gasteiger partial charge in [0.1, 0.15) is 6.10 Å². The number of sulfonamides is 1. The zero-order chi connectivity index (χ0) is 20.6. The fourth-order valence-corrected chi connectivity index (χ4v) is 5.11. The topological polar surface area (TPSA) is 73.9 Å². The van der Waals surface area contributed by atoms with E-state index in [4.69, 9.17) is 14.2 Å². The third kappa shape index (κ3) is 4.07. The van der Waals surface area contributed by atoms with Gasteiger partial charge in [0, 0.05) is 11.6 Å². The monoisotopic (exact) mass is 417 g/mol. The molecule has 3 atom stereocenters. The molecule has 156 valence electrons. The van der Waals surface area contributed by atoms with Crippen molar-refractivity contribution >= 4 is 15.7 Å². The molecular formula is C22H27NO5S. The molecule has 0 radical (unpaired) electrons. The van der Waals surface area contributed by atoms with Crippen LogP contribution in [0.25, 0.3) is 0 Å². The van der Waals surface area contributed by atoms with Crippen molar-refractivity contribution in [2.24, 2.45) is 0 Å². The van der Waals surface area contributed by atoms with Crippen LogP contribution in [0.5, 0.6) is 11.5 Å². The summed E-state index contributed by atoms with van der Waals surface area (Å²) in [6.07, 6.45) is 5.47. The second-order valence-electron chi connectivity index (χ2n) is 7.78. The van der Waals surface area contributed by atoms with Gasteiger partial charge in [0.05, 0.1) is 26.6 Å². The fraction of sp³-hybridized carbons (Fsp3) is 0.455. The highest BCUT2D eigenvalue weighted by Crippen LogP contribution is 2.49. The zero-order valence-electron chi connectivity index (χ0n) is 17.0. The molecule has 0 spiro atoms. The molecule has 0 unspecified atom stereocenters. The van der Waals surface area contributed by atoms with Crippen molar-refractivity contribution < 1.29 is 22.6 Å². The van der Waals surface area contributed by atoms with Crippen molar-refractivity contribution in [1.82, 2.24) is 0 Å². The van der Waals surface area contributed by atoms with E-state index in [0.717, 1.165) is 42.4 Å². The number of hydrogen-bond acceptors (Lipinski definition) is 5. The van der Waals surface area contributed by atoms with Crippen molar-refractivity contribution in [2.45, 2.75) is 43.8 Å². The van der Waals surface area contributed by atoms with Gasteiger partial charge in [-0.05, 0) is 53.8 Å². The van der Waals surface area contributed by atoms with Crippen molar-refractivity contribution in [3.63, 3.8) is 0 Å². The van der Waals surface area contributed by atoms with Crippen molar-refractivity contribution in [3.8, 4) is 11.5 Å². The largest absolute Gasteiger partial charge is 0.493 e. The Morgan fingerprint density at radius 1 is 1.00 bits per heavy atom. The lowest BCUT2D eigenvalue weighted by atomic mass is 9.76. The minimum atomic E-state index is -3.35. The molecule has 1 aliphatic heterocycles. The summed E-state index contributed by atoms with van der Waals surface area (Å²) >= 11 is 0. The van der Waals surface area contributed by atoms with Crippen LogP contribution < -0.4 is 14.2 Å². The first-order valence-electron chi connectivity index (χ1n) is 9.88. The van der Waals surface area contributed by atoms with E-state index < -0.39 is 10.0 Å². The predicted octanol–water partition coefficient (Wildman–Crippen LogP) is 4.22. The maximum absolute atomic E-state index is 11.7. The smallest absolute Gasteiger partial charge is 0.229 e. The van der Waals surface area contributed by atoms with Crippen LogP contribution in [-0.4, -0.2) is 35.0 Å². The Hall–Kier alpha value is -2.25. The summed E-state index contributed by atoms with van der Waals surface area (Å²) in [5.74, 6) is 1.73. The summed E-state index contributed by atoms with van der Waals surface area (Å²) in [4.78, 5) is 0. The van der Waals surface area contributed by atoms with Gasteiger partial charge in [-0.3, -0.25) is 4.72 Å². The number of ether oxygens (including phenoxy) is 3. The van der Waals surface area contributed by atoms with Gasteiger partial charge in [-0.15, -0.1) is 0 Å². The molecule has 1 heterocycles. The maximum Gasteiger partial charge on any atom is 0.229 e. The molecule has 6 nitrogen and oxygen atoms in total. The second kappa shape index (κ2) is 7.88. The molecule has 2 aromatic carbocycles. The molecule has 2 aliphatic rings. The Balaban J connectivity index is 1.81. The lowest BCUT2D eigenvalue weighted by Gasteiger charge is -2.41. The SMILES string of the molecule is COc1cc2c(cc1OC)[C@@H]1CCCC[C@@H]1O[C@H]2c1cccc(NS(C)(=O)=O)c1. The van der Waals surface area contributed by atoms with E-state index in [-0.39, 0.29) is 12.2 Å². The molecule has 1 fully saturated rings. The molecular weight excluding hydrogens is 390 g/mol. The van der Waals surface area contributed by atoms with Crippen molar-refractivity contribution in [3.05, 3.63) is 53.1 Å². The van der Waals surface area contributed by atoms with Crippen LogP contribution >= 0.6 is 0 Å². The molecule has 7 heteroatoms. The lowest BCUT2D eigenvalue weighted by molar-refractivity contribution is -0.0391. The van der Waals surface area contributed by atoms with Gasteiger partial charge in [-0.25, -0.2) is 8.42 Å². The molecule has 2 aromatic rings. The van der Waals surface area contributed by atoms with Crippen LogP contribution in [0.2, 0.25) is 0 Å². The van der Waals surface area contributed by atoms with Crippen LogP contribution in [0.15, 0.2) is 36.4 Å². The molecule has 1 saturated carbocycles. The first-order valence-corrected chi connectivity index (χ1v) is 11.8. The van der Waals surface area contributed by atoms with Crippen molar-refractivity contribution in [2.75, 3.05) is 25.2 Å². The van der Waals surface area contributed by atoms with Gasteiger partial charge < -0.3 is 14.2 Å². The van der Waals surface area contributed by atoms with Crippen LogP contribution in [-0.2, 0) is 14.8 Å². The average Bonchev–Trinajstić information content (AvgIpc) is 2.71. The van der Waals surface area contributed by atoms with Gasteiger partial charge in [-0.1, -0.05) is 25.0 Å². The lowest BCUT2D eigenvalue weighted by Crippen LogP contribution is -2.33. The maximum atomic E-state index is 11.7. The van der Waals surface area contributed by atoms with E-state index in [0.29, 0.717) is 17.4 Å². The quantitative estimate of drug-likeness (QED) is 0.788. The standard InChI is InChI=1S/C22H27NO5S/c1-26-20-12-17-16-9-4-5-10-19(16)28-22(18(17)13-21(20)27-2)14-7-6-8-15(11-14)23-29(3,24)25/h6-8,11-13,16,19,22-23H,4-5,9-10H2,1-3H3/t16-,19-,22-/m0/s1. The van der Waals surface area contributed by atoms with Crippen LogP contribution in [0.4, 0.5) is 5.69 Å². The Bertz CT molecular complexity index is 1000. The number of methoxy groups -OCH3 is 2. The first-order chi connectivity index (χ1) is 13.9. The fourth-order valence-electron chi connectivity index (χ4n) is 4.56. The molecule has 0 saturated heterocycles. The molecule has 0 bridgehead atoms. The third-order valence-corrected chi connectivity index (χ3v) is 6.38. The third-order valence-electron chi connectivity index (χ3n) is 5.78. The Morgan fingerprint density at radius 2 is 1.69 bits per heavy atom. The summed E-state index contributed by atoms with van der Waals surface area (Å²) in [7, 11) is -0.0707. The van der Waals surface area contributed by atoms with Gasteiger partial charge in [0.15, 0.2) is 11.5 Å². The summed E-state index contributed by atoms with van der Waals surface area (Å²) in [5, 5.41) is 0. The van der Waals surface area contributed by atoms with Crippen LogP contribution in [0.1, 0.15) is 54.4 Å². The molecule has 1 N–H and O–H groups in total. The highest BCUT2D eigenvalue weighted by atomic mass is 32.2. The highest BCUT2D eigenvalue weighted by molar-refractivity contribution is 7.92. The number of benzene rings is 2. The summed E-state index contributed by atoms with van der Waals surface area (Å²) in [6.45, 7) is 0. The number of rotatable bonds is 5. The molecule has 1 aliphatic carbocycles. The van der Waals surface area contributed by atoms with E-state index in [1.165, 1.54) is 12.0 Å². The number of anilines is 1. The van der Waals surface area contributed by atoms with E-state index in [9.17, 15) is 8.42 Å². The molecule has 29 heavy (non-hydrogen) atoms. The summed E-state index contributed by atoms with van der Waals surface area (Å²) < 4.78 is 43.5. The minimum Gasteiger partial charge on any atom is -0.493 e. The number of nitrogens with one attached hydrogen (secondary N) is 1. The predicted molar refractivity (Wildman–Crippen MR) is 112 cm³/mol. The van der Waals surface area contributed by atoms with Crippen LogP contribution in [0, 0.1) is 0 Å². The van der Waals surface area contributed by atoms with E-state index >= 15 is 0 Å². The Morgan fingerprint density at radius 3 is 2.38 bits per heavy atom.